The molecule has 3 aromatic rings. The number of nitrogens with zero attached hydrogens (tertiary/aromatic N) is 3. The lowest BCUT2D eigenvalue weighted by molar-refractivity contribution is 0.612. The van der Waals surface area contributed by atoms with E-state index in [2.05, 4.69) is 15.0 Å². The van der Waals surface area contributed by atoms with Gasteiger partial charge in [-0.15, -0.1) is 0 Å². The van der Waals surface area contributed by atoms with Gasteiger partial charge in [0.2, 0.25) is 0 Å². The van der Waals surface area contributed by atoms with Crippen LogP contribution in [0.3, 0.4) is 0 Å². The van der Waals surface area contributed by atoms with Crippen molar-refractivity contribution in [1.82, 2.24) is 15.0 Å². The number of benzene rings is 1. The molecule has 0 aliphatic rings. The molecule has 0 amide bonds. The highest BCUT2D eigenvalue weighted by Crippen LogP contribution is 2.26. The van der Waals surface area contributed by atoms with Crippen molar-refractivity contribution in [3.63, 3.8) is 0 Å². The Morgan fingerprint density at radius 2 is 1.95 bits per heavy atom. The van der Waals surface area contributed by atoms with Crippen LogP contribution >= 0.6 is 0 Å². The van der Waals surface area contributed by atoms with Gasteiger partial charge in [-0.3, -0.25) is 4.98 Å². The molecule has 0 spiro atoms. The molecule has 100 valence electrons. The van der Waals surface area contributed by atoms with E-state index in [1.165, 1.54) is 12.3 Å². The minimum atomic E-state index is -0.565. The highest BCUT2D eigenvalue weighted by Gasteiger charge is 2.12. The molecule has 3 rings (SSSR count). The van der Waals surface area contributed by atoms with Crippen molar-refractivity contribution in [2.24, 2.45) is 0 Å². The highest BCUT2D eigenvalue weighted by atomic mass is 19.1. The summed E-state index contributed by atoms with van der Waals surface area (Å²) >= 11 is 0. The van der Waals surface area contributed by atoms with Crippen LogP contribution in [0.15, 0.2) is 36.7 Å². The number of aromatic nitrogens is 3. The van der Waals surface area contributed by atoms with E-state index in [1.54, 1.807) is 18.2 Å². The second-order valence-electron chi connectivity index (χ2n) is 4.37. The molecule has 1 aromatic carbocycles. The van der Waals surface area contributed by atoms with E-state index >= 15 is 0 Å². The van der Waals surface area contributed by atoms with Gasteiger partial charge in [-0.25, -0.2) is 18.7 Å². The van der Waals surface area contributed by atoms with Crippen molar-refractivity contribution >= 4 is 10.9 Å². The Bertz CT molecular complexity index is 787. The number of rotatable bonds is 2. The van der Waals surface area contributed by atoms with E-state index in [-0.39, 0.29) is 11.2 Å². The summed E-state index contributed by atoms with van der Waals surface area (Å²) in [6, 6.07) is 6.37. The monoisotopic (exact) mass is 271 g/mol. The fourth-order valence-electron chi connectivity index (χ4n) is 2.06. The molecule has 20 heavy (non-hydrogen) atoms. The van der Waals surface area contributed by atoms with Crippen molar-refractivity contribution in [2.45, 2.75) is 13.3 Å². The Morgan fingerprint density at radius 1 is 1.10 bits per heavy atom. The second kappa shape index (κ2) is 4.92. The van der Waals surface area contributed by atoms with Crippen molar-refractivity contribution in [2.75, 3.05) is 0 Å². The third-order valence-corrected chi connectivity index (χ3v) is 3.04. The van der Waals surface area contributed by atoms with Crippen molar-refractivity contribution < 1.29 is 8.78 Å². The van der Waals surface area contributed by atoms with Gasteiger partial charge in [0, 0.05) is 23.6 Å². The predicted octanol–water partition coefficient (Wildman–Crippen LogP) is 3.53. The van der Waals surface area contributed by atoms with Crippen LogP contribution in [0, 0.1) is 11.6 Å². The highest BCUT2D eigenvalue weighted by molar-refractivity contribution is 5.84. The fraction of sp³-hybridized carbons (Fsp3) is 0.133. The summed E-state index contributed by atoms with van der Waals surface area (Å²) in [5, 5.41) is 0.610. The molecule has 0 saturated heterocycles. The summed E-state index contributed by atoms with van der Waals surface area (Å²) in [5.74, 6) is -0.535. The van der Waals surface area contributed by atoms with Crippen molar-refractivity contribution in [1.29, 1.82) is 0 Å². The molecular formula is C15H11F2N3. The normalized spacial score (nSPS) is 10.9. The average molecular weight is 271 g/mol. The Labute approximate surface area is 114 Å². The first kappa shape index (κ1) is 12.6. The fourth-order valence-corrected chi connectivity index (χ4v) is 2.06. The minimum absolute atomic E-state index is 0.113. The van der Waals surface area contributed by atoms with Crippen LogP contribution in [-0.4, -0.2) is 15.0 Å². The molecule has 0 aliphatic heterocycles. The maximum Gasteiger partial charge on any atom is 0.167 e. The smallest absolute Gasteiger partial charge is 0.167 e. The second-order valence-corrected chi connectivity index (χ2v) is 4.37. The summed E-state index contributed by atoms with van der Waals surface area (Å²) < 4.78 is 27.9. The van der Waals surface area contributed by atoms with Crippen LogP contribution < -0.4 is 0 Å². The minimum Gasteiger partial charge on any atom is -0.253 e. The largest absolute Gasteiger partial charge is 0.253 e. The van der Waals surface area contributed by atoms with Crippen LogP contribution in [0.5, 0.6) is 0 Å². The first-order valence-corrected chi connectivity index (χ1v) is 6.25. The van der Waals surface area contributed by atoms with Gasteiger partial charge >= 0.3 is 0 Å². The van der Waals surface area contributed by atoms with Crippen LogP contribution in [0.25, 0.3) is 22.2 Å². The molecule has 0 unspecified atom stereocenters. The van der Waals surface area contributed by atoms with Gasteiger partial charge in [0.1, 0.15) is 22.9 Å². The summed E-state index contributed by atoms with van der Waals surface area (Å²) in [4.78, 5) is 12.0. The molecule has 0 saturated carbocycles. The lowest BCUT2D eigenvalue weighted by Gasteiger charge is -2.06. The van der Waals surface area contributed by atoms with E-state index in [9.17, 15) is 8.78 Å². The number of halogens is 2. The molecule has 3 nitrogen and oxygen atoms in total. The molecule has 2 heterocycles. The van der Waals surface area contributed by atoms with E-state index in [0.29, 0.717) is 23.2 Å². The first-order valence-electron chi connectivity index (χ1n) is 6.25. The Morgan fingerprint density at radius 3 is 2.75 bits per heavy atom. The van der Waals surface area contributed by atoms with Crippen LogP contribution in [-0.2, 0) is 6.42 Å². The van der Waals surface area contributed by atoms with E-state index in [4.69, 9.17) is 0 Å². The molecule has 0 radical (unpaired) electrons. The van der Waals surface area contributed by atoms with Gasteiger partial charge in [0.05, 0.1) is 6.20 Å². The van der Waals surface area contributed by atoms with Gasteiger partial charge in [-0.1, -0.05) is 13.0 Å². The zero-order valence-electron chi connectivity index (χ0n) is 10.8. The average Bonchev–Trinajstić information content (AvgIpc) is 2.48. The Hall–Kier alpha value is -2.43. The van der Waals surface area contributed by atoms with Crippen LogP contribution in [0.2, 0.25) is 0 Å². The van der Waals surface area contributed by atoms with Gasteiger partial charge in [0.25, 0.3) is 0 Å². The van der Waals surface area contributed by atoms with Crippen LogP contribution in [0.1, 0.15) is 12.7 Å². The predicted molar refractivity (Wildman–Crippen MR) is 72.1 cm³/mol. The SMILES string of the molecule is CCc1ncc(F)c(-c2cc(F)c3ncccc3c2)n1. The maximum absolute atomic E-state index is 14.0. The van der Waals surface area contributed by atoms with Gasteiger partial charge in [-0.2, -0.15) is 0 Å². The Balaban J connectivity index is 2.24. The van der Waals surface area contributed by atoms with Crippen LogP contribution in [0.4, 0.5) is 8.78 Å². The molecule has 0 aliphatic carbocycles. The number of pyridine rings is 1. The summed E-state index contributed by atoms with van der Waals surface area (Å²) in [7, 11) is 0. The summed E-state index contributed by atoms with van der Waals surface area (Å²) in [5.41, 5.74) is 0.764. The zero-order chi connectivity index (χ0) is 14.1. The molecule has 0 N–H and O–H groups in total. The topological polar surface area (TPSA) is 38.7 Å². The first-order chi connectivity index (χ1) is 9.69. The molecule has 0 fully saturated rings. The Kier molecular flexibility index (Phi) is 3.10. The lowest BCUT2D eigenvalue weighted by Crippen LogP contribution is -1.99. The lowest BCUT2D eigenvalue weighted by atomic mass is 10.1. The van der Waals surface area contributed by atoms with Gasteiger partial charge < -0.3 is 0 Å². The van der Waals surface area contributed by atoms with Crippen molar-refractivity contribution in [3.8, 4) is 11.3 Å². The van der Waals surface area contributed by atoms with Gasteiger partial charge in [0.15, 0.2) is 5.82 Å². The molecular weight excluding hydrogens is 260 g/mol. The standard InChI is InChI=1S/C15H11F2N3/c1-2-13-19-8-12(17)15(20-13)10-6-9-4-3-5-18-14(9)11(16)7-10/h3-8H,2H2,1H3. The number of fused-ring (bicyclic) bond motifs is 1. The number of hydrogen-bond acceptors (Lipinski definition) is 3. The third kappa shape index (κ3) is 2.11. The maximum atomic E-state index is 14.0. The van der Waals surface area contributed by atoms with Gasteiger partial charge in [-0.05, 0) is 18.2 Å². The van der Waals surface area contributed by atoms with E-state index in [0.717, 1.165) is 6.20 Å². The number of hydrogen-bond donors (Lipinski definition) is 0. The summed E-state index contributed by atoms with van der Waals surface area (Å²) in [6.07, 6.45) is 3.23. The summed E-state index contributed by atoms with van der Waals surface area (Å²) in [6.45, 7) is 1.88. The third-order valence-electron chi connectivity index (χ3n) is 3.04. The zero-order valence-corrected chi connectivity index (χ0v) is 10.8. The molecule has 2 aromatic heterocycles. The quantitative estimate of drug-likeness (QED) is 0.715. The molecule has 5 heteroatoms. The van der Waals surface area contributed by atoms with E-state index in [1.807, 2.05) is 6.92 Å². The van der Waals surface area contributed by atoms with E-state index < -0.39 is 11.6 Å². The van der Waals surface area contributed by atoms with Crippen molar-refractivity contribution in [3.05, 3.63) is 54.1 Å². The molecule has 0 bridgehead atoms. The number of aryl methyl sites for hydroxylation is 1. The molecule has 0 atom stereocenters.